The number of hydrazone groups is 1. The molecule has 0 aromatic carbocycles. The first-order valence-corrected chi connectivity index (χ1v) is 3.67. The van der Waals surface area contributed by atoms with Gasteiger partial charge in [0.1, 0.15) is 6.61 Å². The van der Waals surface area contributed by atoms with Crippen molar-refractivity contribution in [2.24, 2.45) is 11.0 Å². The number of rotatable bonds is 2. The van der Waals surface area contributed by atoms with Crippen LogP contribution in [-0.2, 0) is 4.79 Å². The fourth-order valence-corrected chi connectivity index (χ4v) is 1.01. The van der Waals surface area contributed by atoms with Crippen LogP contribution in [0.5, 0.6) is 0 Å². The van der Waals surface area contributed by atoms with Crippen molar-refractivity contribution < 1.29 is 9.90 Å². The highest BCUT2D eigenvalue weighted by atomic mass is 16.3. The molecule has 4 nitrogen and oxygen atoms in total. The van der Waals surface area contributed by atoms with Crippen molar-refractivity contribution in [1.29, 1.82) is 0 Å². The molecule has 1 amide bonds. The molecule has 2 N–H and O–H groups in total. The molecule has 1 aliphatic rings. The van der Waals surface area contributed by atoms with Gasteiger partial charge in [-0.2, -0.15) is 5.10 Å². The van der Waals surface area contributed by atoms with Gasteiger partial charge < -0.3 is 5.11 Å². The molecule has 1 fully saturated rings. The van der Waals surface area contributed by atoms with E-state index < -0.39 is 12.5 Å². The fourth-order valence-electron chi connectivity index (χ4n) is 1.01. The molecular weight excluding hydrogens is 144 g/mol. The molecular formula is C7H12N2O2. The zero-order valence-corrected chi connectivity index (χ0v) is 6.50. The van der Waals surface area contributed by atoms with Gasteiger partial charge >= 0.3 is 0 Å². The Morgan fingerprint density at radius 2 is 2.45 bits per heavy atom. The van der Waals surface area contributed by atoms with Gasteiger partial charge in [0.15, 0.2) is 0 Å². The molecule has 0 spiro atoms. The summed E-state index contributed by atoms with van der Waals surface area (Å²) in [6.45, 7) is 1.64. The number of carbonyl (C=O) groups excluding carboxylic acids is 1. The Labute approximate surface area is 65.3 Å². The van der Waals surface area contributed by atoms with Crippen LogP contribution in [0.1, 0.15) is 19.8 Å². The van der Waals surface area contributed by atoms with Crippen molar-refractivity contribution in [3.63, 3.8) is 0 Å². The van der Waals surface area contributed by atoms with Crippen molar-refractivity contribution in [2.75, 3.05) is 6.61 Å². The van der Waals surface area contributed by atoms with Gasteiger partial charge in [-0.3, -0.25) is 4.79 Å². The number of nitrogens with zero attached hydrogens (tertiary/aromatic N) is 1. The van der Waals surface area contributed by atoms with Gasteiger partial charge in [-0.1, -0.05) is 6.92 Å². The van der Waals surface area contributed by atoms with E-state index in [0.29, 0.717) is 5.92 Å². The van der Waals surface area contributed by atoms with Crippen molar-refractivity contribution in [1.82, 2.24) is 5.43 Å². The molecule has 11 heavy (non-hydrogen) atoms. The Bertz CT molecular complexity index is 181. The normalized spacial score (nSPS) is 22.4. The lowest BCUT2D eigenvalue weighted by Gasteiger charge is -2.22. The molecule has 1 rings (SSSR count). The number of aliphatic hydroxyl groups excluding tert-OH is 1. The molecule has 0 bridgehead atoms. The maximum Gasteiger partial charge on any atom is 0.265 e. The highest BCUT2D eigenvalue weighted by molar-refractivity contribution is 5.91. The van der Waals surface area contributed by atoms with E-state index in [2.05, 4.69) is 17.5 Å². The van der Waals surface area contributed by atoms with Crippen molar-refractivity contribution in [3.05, 3.63) is 0 Å². The van der Waals surface area contributed by atoms with E-state index in [0.717, 1.165) is 18.6 Å². The first-order valence-electron chi connectivity index (χ1n) is 3.67. The molecule has 0 aromatic heterocycles. The van der Waals surface area contributed by atoms with E-state index in [9.17, 15) is 4.79 Å². The summed E-state index contributed by atoms with van der Waals surface area (Å²) in [7, 11) is 0. The van der Waals surface area contributed by atoms with Crippen molar-refractivity contribution >= 4 is 11.6 Å². The van der Waals surface area contributed by atoms with E-state index in [1.165, 1.54) is 0 Å². The summed E-state index contributed by atoms with van der Waals surface area (Å²) in [5.41, 5.74) is 3.27. The van der Waals surface area contributed by atoms with Crippen LogP contribution >= 0.6 is 0 Å². The molecule has 62 valence electrons. The Morgan fingerprint density at radius 3 is 2.91 bits per heavy atom. The molecule has 1 aliphatic carbocycles. The smallest absolute Gasteiger partial charge is 0.265 e. The van der Waals surface area contributed by atoms with Gasteiger partial charge in [-0.15, -0.1) is 0 Å². The topological polar surface area (TPSA) is 61.7 Å². The minimum atomic E-state index is -0.494. The van der Waals surface area contributed by atoms with Crippen LogP contribution in [0.2, 0.25) is 0 Å². The molecule has 0 atom stereocenters. The number of hydrogen-bond donors (Lipinski definition) is 2. The summed E-state index contributed by atoms with van der Waals surface area (Å²) < 4.78 is 0. The minimum Gasteiger partial charge on any atom is -0.386 e. The van der Waals surface area contributed by atoms with Gasteiger partial charge in [0.2, 0.25) is 0 Å². The fraction of sp³-hybridized carbons (Fsp3) is 0.714. The average Bonchev–Trinajstić information content (AvgIpc) is 1.95. The molecule has 0 radical (unpaired) electrons. The molecule has 0 aromatic rings. The second-order valence-corrected chi connectivity index (χ2v) is 2.88. The zero-order chi connectivity index (χ0) is 8.27. The molecule has 0 saturated heterocycles. The van der Waals surface area contributed by atoms with Gasteiger partial charge in [0.05, 0.1) is 0 Å². The lowest BCUT2D eigenvalue weighted by molar-refractivity contribution is -0.123. The maximum absolute atomic E-state index is 10.5. The average molecular weight is 156 g/mol. The minimum absolute atomic E-state index is 0.447. The Morgan fingerprint density at radius 1 is 1.82 bits per heavy atom. The highest BCUT2D eigenvalue weighted by Crippen LogP contribution is 2.22. The standard InChI is InChI=1S/C7H12N2O2/c1-5-2-6(3-5)8-9-7(11)4-10/h5,10H,2-4H2,1H3,(H,9,11). The first-order chi connectivity index (χ1) is 5.22. The van der Waals surface area contributed by atoms with Gasteiger partial charge in [-0.05, 0) is 18.8 Å². The third-order valence-electron chi connectivity index (χ3n) is 1.65. The monoisotopic (exact) mass is 156 g/mol. The zero-order valence-electron chi connectivity index (χ0n) is 6.50. The lowest BCUT2D eigenvalue weighted by atomic mass is 9.85. The molecule has 4 heteroatoms. The van der Waals surface area contributed by atoms with E-state index in [-0.39, 0.29) is 0 Å². The molecule has 0 unspecified atom stereocenters. The summed E-state index contributed by atoms with van der Waals surface area (Å²) in [4.78, 5) is 10.5. The summed E-state index contributed by atoms with van der Waals surface area (Å²) in [6.07, 6.45) is 1.93. The number of hydrogen-bond acceptors (Lipinski definition) is 3. The van der Waals surface area contributed by atoms with E-state index in [4.69, 9.17) is 5.11 Å². The third-order valence-corrected chi connectivity index (χ3v) is 1.65. The third kappa shape index (κ3) is 2.31. The Kier molecular flexibility index (Phi) is 2.59. The maximum atomic E-state index is 10.5. The van der Waals surface area contributed by atoms with E-state index in [1.54, 1.807) is 0 Å². The van der Waals surface area contributed by atoms with Gasteiger partial charge in [0, 0.05) is 5.71 Å². The van der Waals surface area contributed by atoms with Gasteiger partial charge in [-0.25, -0.2) is 5.43 Å². The Hall–Kier alpha value is -0.900. The highest BCUT2D eigenvalue weighted by Gasteiger charge is 2.19. The summed E-state index contributed by atoms with van der Waals surface area (Å²) >= 11 is 0. The van der Waals surface area contributed by atoms with Crippen LogP contribution in [0.3, 0.4) is 0 Å². The number of nitrogens with one attached hydrogen (secondary N) is 1. The van der Waals surface area contributed by atoms with Crippen LogP contribution in [0, 0.1) is 5.92 Å². The second-order valence-electron chi connectivity index (χ2n) is 2.88. The SMILES string of the molecule is CC1CC(=NNC(=O)CO)C1. The quantitative estimate of drug-likeness (QED) is 0.547. The van der Waals surface area contributed by atoms with E-state index in [1.807, 2.05) is 0 Å². The second kappa shape index (κ2) is 3.48. The van der Waals surface area contributed by atoms with E-state index >= 15 is 0 Å². The van der Waals surface area contributed by atoms with Crippen LogP contribution in [-0.4, -0.2) is 23.3 Å². The number of carbonyl (C=O) groups is 1. The predicted molar refractivity (Wildman–Crippen MR) is 41.1 cm³/mol. The molecule has 0 aliphatic heterocycles. The lowest BCUT2D eigenvalue weighted by Crippen LogP contribution is -2.27. The van der Waals surface area contributed by atoms with Crippen LogP contribution in [0.25, 0.3) is 0 Å². The summed E-state index contributed by atoms with van der Waals surface area (Å²) in [5, 5.41) is 12.1. The van der Waals surface area contributed by atoms with Gasteiger partial charge in [0.25, 0.3) is 5.91 Å². The number of aliphatic hydroxyl groups is 1. The predicted octanol–water partition coefficient (Wildman–Crippen LogP) is -0.119. The summed E-state index contributed by atoms with van der Waals surface area (Å²) in [5.74, 6) is 0.247. The Balaban J connectivity index is 2.21. The van der Waals surface area contributed by atoms with Crippen molar-refractivity contribution in [3.8, 4) is 0 Å². The summed E-state index contributed by atoms with van der Waals surface area (Å²) in [6, 6.07) is 0. The van der Waals surface area contributed by atoms with Crippen LogP contribution < -0.4 is 5.43 Å². The molecule has 0 heterocycles. The molecule has 1 saturated carbocycles. The largest absolute Gasteiger partial charge is 0.386 e. The first kappa shape index (κ1) is 8.20. The van der Waals surface area contributed by atoms with Crippen LogP contribution in [0.4, 0.5) is 0 Å². The van der Waals surface area contributed by atoms with Crippen molar-refractivity contribution in [2.45, 2.75) is 19.8 Å². The number of amides is 1. The van der Waals surface area contributed by atoms with Crippen LogP contribution in [0.15, 0.2) is 5.10 Å².